The Hall–Kier alpha value is -2.06. The Balaban J connectivity index is 1.53. The number of aliphatic hydroxyl groups is 2. The maximum absolute atomic E-state index is 14.0. The number of fused-ring (bicyclic) bond motifs is 2. The van der Waals surface area contributed by atoms with Crippen molar-refractivity contribution in [3.05, 3.63) is 53.4 Å². The molecule has 1 aromatic rings. The van der Waals surface area contributed by atoms with Gasteiger partial charge in [-0.05, 0) is 48.3 Å². The Morgan fingerprint density at radius 3 is 2.85 bits per heavy atom. The number of Topliss-reactive ketones (excluding diaryl/α,β-unsaturated/α-hetero) is 1. The van der Waals surface area contributed by atoms with Crippen molar-refractivity contribution in [2.24, 2.45) is 34.0 Å². The number of nitrogens with zero attached hydrogens (tertiary/aromatic N) is 1. The van der Waals surface area contributed by atoms with Crippen LogP contribution in [-0.4, -0.2) is 51.6 Å². The number of pyridine rings is 1. The third-order valence-electron chi connectivity index (χ3n) is 9.43. The van der Waals surface area contributed by atoms with Crippen LogP contribution in [0.25, 0.3) is 0 Å². The minimum Gasteiger partial charge on any atom is -0.457 e. The number of ketones is 1. The zero-order valence-corrected chi connectivity index (χ0v) is 19.9. The molecule has 0 amide bonds. The average molecular weight is 486 g/mol. The van der Waals surface area contributed by atoms with Gasteiger partial charge in [0.25, 0.3) is 0 Å². The molecule has 0 radical (unpaired) electrons. The molecule has 3 heterocycles. The van der Waals surface area contributed by atoms with Crippen molar-refractivity contribution in [1.82, 2.24) is 4.98 Å². The molecular formula is C26H28ClNO6. The lowest BCUT2D eigenvalue weighted by molar-refractivity contribution is -0.436. The molecule has 8 atom stereocenters. The molecule has 2 N–H and O–H groups in total. The molecule has 2 spiro atoms. The molecule has 6 aliphatic rings. The molecule has 2 aliphatic heterocycles. The third-order valence-corrected chi connectivity index (χ3v) is 9.64. The molecular weight excluding hydrogens is 458 g/mol. The first kappa shape index (κ1) is 22.4. The van der Waals surface area contributed by atoms with Crippen LogP contribution in [0.2, 0.25) is 5.15 Å². The lowest BCUT2D eigenvalue weighted by Crippen LogP contribution is -2.83. The molecule has 0 unspecified atom stereocenters. The summed E-state index contributed by atoms with van der Waals surface area (Å²) >= 11 is 5.96. The van der Waals surface area contributed by atoms with Gasteiger partial charge in [-0.1, -0.05) is 44.2 Å². The lowest BCUT2D eigenvalue weighted by Gasteiger charge is -2.72. The number of carbonyl (C=O) groups is 2. The first-order chi connectivity index (χ1) is 16.0. The predicted molar refractivity (Wildman–Crippen MR) is 122 cm³/mol. The largest absolute Gasteiger partial charge is 0.457 e. The Morgan fingerprint density at radius 2 is 2.12 bits per heavy atom. The number of esters is 1. The third kappa shape index (κ3) is 2.37. The molecule has 4 bridgehead atoms. The van der Waals surface area contributed by atoms with E-state index < -0.39 is 40.7 Å². The van der Waals surface area contributed by atoms with E-state index in [0.717, 1.165) is 6.42 Å². The van der Waals surface area contributed by atoms with Crippen LogP contribution in [0, 0.1) is 34.0 Å². The van der Waals surface area contributed by atoms with Gasteiger partial charge in [-0.15, -0.1) is 0 Å². The van der Waals surface area contributed by atoms with Crippen LogP contribution in [0.3, 0.4) is 0 Å². The summed E-state index contributed by atoms with van der Waals surface area (Å²) in [6.07, 6.45) is 5.21. The molecule has 3 saturated carbocycles. The molecule has 2 saturated heterocycles. The topological polar surface area (TPSA) is 106 Å². The van der Waals surface area contributed by atoms with E-state index in [1.54, 1.807) is 0 Å². The highest BCUT2D eigenvalue weighted by Gasteiger charge is 2.86. The lowest BCUT2D eigenvalue weighted by atomic mass is 9.37. The second-order valence-corrected chi connectivity index (χ2v) is 11.7. The highest BCUT2D eigenvalue weighted by molar-refractivity contribution is 6.29. The van der Waals surface area contributed by atoms with Crippen molar-refractivity contribution in [1.29, 1.82) is 0 Å². The van der Waals surface area contributed by atoms with Gasteiger partial charge >= 0.3 is 5.97 Å². The quantitative estimate of drug-likeness (QED) is 0.287. The Labute approximate surface area is 202 Å². The number of rotatable bonds is 2. The van der Waals surface area contributed by atoms with Gasteiger partial charge in [-0.3, -0.25) is 4.79 Å². The molecule has 180 valence electrons. The molecule has 8 heteroatoms. The summed E-state index contributed by atoms with van der Waals surface area (Å²) in [7, 11) is 0. The van der Waals surface area contributed by atoms with E-state index in [9.17, 15) is 19.8 Å². The smallest absolute Gasteiger partial charge is 0.338 e. The monoisotopic (exact) mass is 485 g/mol. The van der Waals surface area contributed by atoms with Gasteiger partial charge in [0.2, 0.25) is 5.79 Å². The molecule has 7 rings (SSSR count). The van der Waals surface area contributed by atoms with E-state index in [-0.39, 0.29) is 40.4 Å². The molecule has 0 aromatic carbocycles. The molecule has 34 heavy (non-hydrogen) atoms. The fourth-order valence-corrected chi connectivity index (χ4v) is 8.43. The van der Waals surface area contributed by atoms with Gasteiger partial charge in [0, 0.05) is 23.4 Å². The summed E-state index contributed by atoms with van der Waals surface area (Å²) in [4.78, 5) is 31.1. The van der Waals surface area contributed by atoms with E-state index in [1.165, 1.54) is 18.3 Å². The summed E-state index contributed by atoms with van der Waals surface area (Å²) < 4.78 is 12.1. The maximum atomic E-state index is 14.0. The first-order valence-corrected chi connectivity index (χ1v) is 12.2. The number of aromatic nitrogens is 1. The summed E-state index contributed by atoms with van der Waals surface area (Å²) in [5.74, 6) is -4.38. The number of hydrogen-bond acceptors (Lipinski definition) is 7. The zero-order chi connectivity index (χ0) is 24.3. The van der Waals surface area contributed by atoms with E-state index in [0.29, 0.717) is 18.4 Å². The van der Waals surface area contributed by atoms with Crippen LogP contribution in [0.5, 0.6) is 0 Å². The SMILES string of the molecule is C=C1C(=O)[C@]23[C@H](OC(=O)c4ccnc(Cl)c4)[C@H]1CC[C@H]2[C@]12C=CCC(C)(C)[C@H]1[C@H](O)[C@]3(O)OC2. The average Bonchev–Trinajstić information content (AvgIpc) is 2.90. The van der Waals surface area contributed by atoms with Crippen molar-refractivity contribution < 1.29 is 29.3 Å². The van der Waals surface area contributed by atoms with Crippen LogP contribution < -0.4 is 0 Å². The van der Waals surface area contributed by atoms with Crippen LogP contribution in [0.4, 0.5) is 0 Å². The van der Waals surface area contributed by atoms with Crippen molar-refractivity contribution in [3.63, 3.8) is 0 Å². The van der Waals surface area contributed by atoms with Crippen LogP contribution in [-0.2, 0) is 14.3 Å². The van der Waals surface area contributed by atoms with E-state index in [4.69, 9.17) is 21.1 Å². The Bertz CT molecular complexity index is 1160. The fourth-order valence-electron chi connectivity index (χ4n) is 8.26. The van der Waals surface area contributed by atoms with E-state index in [2.05, 4.69) is 37.6 Å². The summed E-state index contributed by atoms with van der Waals surface area (Å²) in [6.45, 7) is 8.39. The maximum Gasteiger partial charge on any atom is 0.338 e. The van der Waals surface area contributed by atoms with Gasteiger partial charge in [-0.2, -0.15) is 0 Å². The van der Waals surface area contributed by atoms with Gasteiger partial charge in [-0.25, -0.2) is 9.78 Å². The number of halogens is 1. The number of allylic oxidation sites excluding steroid dienone is 1. The number of carbonyl (C=O) groups excluding carboxylic acids is 2. The number of hydrogen-bond donors (Lipinski definition) is 2. The van der Waals surface area contributed by atoms with Crippen molar-refractivity contribution in [3.8, 4) is 0 Å². The molecule has 5 fully saturated rings. The van der Waals surface area contributed by atoms with Crippen molar-refractivity contribution in [2.45, 2.75) is 51.1 Å². The van der Waals surface area contributed by atoms with Crippen LogP contribution in [0.1, 0.15) is 43.5 Å². The van der Waals surface area contributed by atoms with Gasteiger partial charge < -0.3 is 19.7 Å². The second-order valence-electron chi connectivity index (χ2n) is 11.3. The highest BCUT2D eigenvalue weighted by Crippen LogP contribution is 2.75. The van der Waals surface area contributed by atoms with Crippen molar-refractivity contribution >= 4 is 23.4 Å². The van der Waals surface area contributed by atoms with E-state index >= 15 is 0 Å². The second kappa shape index (κ2) is 6.78. The summed E-state index contributed by atoms with van der Waals surface area (Å²) in [5, 5.41) is 24.0. The van der Waals surface area contributed by atoms with Crippen LogP contribution >= 0.6 is 11.6 Å². The Kier molecular flexibility index (Phi) is 4.47. The number of aliphatic hydroxyl groups excluding tert-OH is 1. The Morgan fingerprint density at radius 1 is 1.35 bits per heavy atom. The molecule has 1 aromatic heterocycles. The zero-order valence-electron chi connectivity index (χ0n) is 19.2. The standard InChI is InChI=1S/C26H28ClNO6/c1-13-15-5-6-16-24-9-4-8-23(2,3)18(24)20(30)26(32,33-12-24)25(16,19(13)29)21(15)34-22(31)14-7-10-28-17(27)11-14/h4,7,9-11,15-16,18,20-21,30,32H,1,5-6,8,12H2,2-3H3/t15-,16-,18+,20-,21+,24+,25-,26-/m0/s1. The molecule has 4 aliphatic carbocycles. The highest BCUT2D eigenvalue weighted by atomic mass is 35.5. The van der Waals surface area contributed by atoms with E-state index in [1.807, 2.05) is 0 Å². The predicted octanol–water partition coefficient (Wildman–Crippen LogP) is 3.09. The van der Waals surface area contributed by atoms with Gasteiger partial charge in [0.1, 0.15) is 22.8 Å². The first-order valence-electron chi connectivity index (χ1n) is 11.8. The fraction of sp³-hybridized carbons (Fsp3) is 0.577. The summed E-state index contributed by atoms with van der Waals surface area (Å²) in [5.41, 5.74) is -2.10. The minimum atomic E-state index is -2.19. The normalized spacial score (nSPS) is 45.6. The van der Waals surface area contributed by atoms with Gasteiger partial charge in [0.05, 0.1) is 12.2 Å². The van der Waals surface area contributed by atoms with Crippen molar-refractivity contribution in [2.75, 3.05) is 6.61 Å². The summed E-state index contributed by atoms with van der Waals surface area (Å²) in [6, 6.07) is 2.88. The van der Waals surface area contributed by atoms with Gasteiger partial charge in [0.15, 0.2) is 5.78 Å². The molecule has 7 nitrogen and oxygen atoms in total. The minimum absolute atomic E-state index is 0.142. The van der Waals surface area contributed by atoms with Crippen LogP contribution in [0.15, 0.2) is 42.6 Å². The number of ether oxygens (including phenoxy) is 2.